The Morgan fingerprint density at radius 2 is 1.66 bits per heavy atom. The molecule has 32 heavy (non-hydrogen) atoms. The molecule has 0 bridgehead atoms. The minimum absolute atomic E-state index is 0.0285. The fourth-order valence-corrected chi connectivity index (χ4v) is 4.66. The van der Waals surface area contributed by atoms with E-state index in [0.717, 1.165) is 53.7 Å². The molecule has 0 aromatic heterocycles. The van der Waals surface area contributed by atoms with Crippen molar-refractivity contribution in [1.29, 1.82) is 0 Å². The third kappa shape index (κ3) is 6.35. The van der Waals surface area contributed by atoms with Crippen molar-refractivity contribution in [3.8, 4) is 5.75 Å². The van der Waals surface area contributed by atoms with Crippen LogP contribution in [0.3, 0.4) is 0 Å². The second-order valence-corrected chi connectivity index (χ2v) is 8.96. The van der Waals surface area contributed by atoms with Gasteiger partial charge in [-0.3, -0.25) is 9.59 Å². The Balaban J connectivity index is 1.83. The van der Waals surface area contributed by atoms with Crippen LogP contribution < -0.4 is 10.1 Å². The highest BCUT2D eigenvalue weighted by Crippen LogP contribution is 2.21. The summed E-state index contributed by atoms with van der Waals surface area (Å²) in [5.41, 5.74) is 4.24. The summed E-state index contributed by atoms with van der Waals surface area (Å²) < 4.78 is 5.26. The molecular formula is C27H36N2O3. The summed E-state index contributed by atoms with van der Waals surface area (Å²) in [6.45, 7) is 6.45. The number of hydrogen-bond acceptors (Lipinski definition) is 3. The van der Waals surface area contributed by atoms with E-state index in [1.54, 1.807) is 12.0 Å². The molecular weight excluding hydrogens is 400 g/mol. The first-order valence-electron chi connectivity index (χ1n) is 11.7. The lowest BCUT2D eigenvalue weighted by Gasteiger charge is -2.31. The molecule has 0 heterocycles. The van der Waals surface area contributed by atoms with E-state index in [2.05, 4.69) is 23.5 Å². The maximum Gasteiger partial charge on any atom is 0.243 e. The number of benzene rings is 2. The SMILES string of the molecule is CC[C@@H](C(=O)NC1CCCC1)N(Cc1ccc(OC)cc1)C(=O)Cc1cc(C)cc(C)c1. The van der Waals surface area contributed by atoms with Crippen molar-refractivity contribution >= 4 is 11.8 Å². The Bertz CT molecular complexity index is 897. The molecule has 2 amide bonds. The molecule has 0 unspecified atom stereocenters. The van der Waals surface area contributed by atoms with Gasteiger partial charge in [-0.05, 0) is 56.4 Å². The Labute approximate surface area is 192 Å². The van der Waals surface area contributed by atoms with Crippen LogP contribution in [-0.4, -0.2) is 35.9 Å². The highest BCUT2D eigenvalue weighted by atomic mass is 16.5. The Morgan fingerprint density at radius 1 is 1.03 bits per heavy atom. The van der Waals surface area contributed by atoms with Crippen LogP contribution >= 0.6 is 0 Å². The van der Waals surface area contributed by atoms with E-state index in [1.807, 2.05) is 45.0 Å². The monoisotopic (exact) mass is 436 g/mol. The number of aryl methyl sites for hydroxylation is 2. The largest absolute Gasteiger partial charge is 0.497 e. The van der Waals surface area contributed by atoms with Gasteiger partial charge in [0, 0.05) is 12.6 Å². The number of nitrogens with zero attached hydrogens (tertiary/aromatic N) is 1. The number of ether oxygens (including phenoxy) is 1. The number of methoxy groups -OCH3 is 1. The lowest BCUT2D eigenvalue weighted by atomic mass is 10.0. The number of nitrogens with one attached hydrogen (secondary N) is 1. The van der Waals surface area contributed by atoms with E-state index in [4.69, 9.17) is 4.74 Å². The maximum atomic E-state index is 13.5. The minimum atomic E-state index is -0.490. The molecule has 0 saturated heterocycles. The van der Waals surface area contributed by atoms with Crippen molar-refractivity contribution in [2.24, 2.45) is 0 Å². The molecule has 0 aliphatic heterocycles. The average molecular weight is 437 g/mol. The van der Waals surface area contributed by atoms with E-state index in [9.17, 15) is 9.59 Å². The zero-order valence-electron chi connectivity index (χ0n) is 19.8. The molecule has 2 aromatic rings. The van der Waals surface area contributed by atoms with E-state index in [-0.39, 0.29) is 24.3 Å². The van der Waals surface area contributed by atoms with Gasteiger partial charge in [0.05, 0.1) is 13.5 Å². The van der Waals surface area contributed by atoms with Crippen molar-refractivity contribution in [1.82, 2.24) is 10.2 Å². The standard InChI is InChI=1S/C27H36N2O3/c1-5-25(27(31)28-23-8-6-7-9-23)29(18-21-10-12-24(32-4)13-11-21)26(30)17-22-15-19(2)14-20(3)16-22/h10-16,23,25H,5-9,17-18H2,1-4H3,(H,28,31)/t25-/m0/s1. The van der Waals surface area contributed by atoms with Gasteiger partial charge in [-0.1, -0.05) is 61.2 Å². The first kappa shape index (κ1) is 23.8. The van der Waals surface area contributed by atoms with Crippen LogP contribution in [0.2, 0.25) is 0 Å². The Kier molecular flexibility index (Phi) is 8.32. The first-order valence-corrected chi connectivity index (χ1v) is 11.7. The van der Waals surface area contributed by atoms with E-state index < -0.39 is 6.04 Å². The molecule has 5 nitrogen and oxygen atoms in total. The molecule has 1 aliphatic rings. The maximum absolute atomic E-state index is 13.5. The first-order chi connectivity index (χ1) is 15.4. The number of carbonyl (C=O) groups is 2. The second-order valence-electron chi connectivity index (χ2n) is 8.96. The van der Waals surface area contributed by atoms with Gasteiger partial charge in [0.15, 0.2) is 0 Å². The molecule has 2 aromatic carbocycles. The summed E-state index contributed by atoms with van der Waals surface area (Å²) in [5.74, 6) is 0.703. The lowest BCUT2D eigenvalue weighted by Crippen LogP contribution is -2.51. The normalized spacial score (nSPS) is 14.8. The zero-order valence-corrected chi connectivity index (χ0v) is 19.8. The number of rotatable bonds is 9. The highest BCUT2D eigenvalue weighted by Gasteiger charge is 2.30. The summed E-state index contributed by atoms with van der Waals surface area (Å²) in [6, 6.07) is 13.6. The predicted octanol–water partition coefficient (Wildman–Crippen LogP) is 4.72. The van der Waals surface area contributed by atoms with Crippen molar-refractivity contribution < 1.29 is 14.3 Å². The van der Waals surface area contributed by atoms with Crippen LogP contribution in [0.25, 0.3) is 0 Å². The van der Waals surface area contributed by atoms with Crippen molar-refractivity contribution in [3.05, 3.63) is 64.7 Å². The van der Waals surface area contributed by atoms with Crippen LogP contribution in [0.4, 0.5) is 0 Å². The van der Waals surface area contributed by atoms with Crippen LogP contribution in [0.5, 0.6) is 5.75 Å². The van der Waals surface area contributed by atoms with E-state index >= 15 is 0 Å². The number of amides is 2. The lowest BCUT2D eigenvalue weighted by molar-refractivity contribution is -0.141. The predicted molar refractivity (Wildman–Crippen MR) is 128 cm³/mol. The molecule has 1 fully saturated rings. The van der Waals surface area contributed by atoms with Gasteiger partial charge in [0.25, 0.3) is 0 Å². The third-order valence-corrected chi connectivity index (χ3v) is 6.24. The molecule has 0 radical (unpaired) electrons. The molecule has 3 rings (SSSR count). The molecule has 1 atom stereocenters. The molecule has 5 heteroatoms. The van der Waals surface area contributed by atoms with Crippen LogP contribution in [0.15, 0.2) is 42.5 Å². The molecule has 1 aliphatic carbocycles. The van der Waals surface area contributed by atoms with Gasteiger partial charge in [-0.25, -0.2) is 0 Å². The van der Waals surface area contributed by atoms with Gasteiger partial charge < -0.3 is 15.0 Å². The van der Waals surface area contributed by atoms with Crippen LogP contribution in [0.1, 0.15) is 61.3 Å². The molecule has 0 spiro atoms. The van der Waals surface area contributed by atoms with Crippen LogP contribution in [0, 0.1) is 13.8 Å². The smallest absolute Gasteiger partial charge is 0.243 e. The van der Waals surface area contributed by atoms with Gasteiger partial charge in [-0.15, -0.1) is 0 Å². The second kappa shape index (κ2) is 11.2. The number of carbonyl (C=O) groups excluding carboxylic acids is 2. The topological polar surface area (TPSA) is 58.6 Å². The summed E-state index contributed by atoms with van der Waals surface area (Å²) in [6.07, 6.45) is 5.22. The third-order valence-electron chi connectivity index (χ3n) is 6.24. The van der Waals surface area contributed by atoms with Crippen molar-refractivity contribution in [3.63, 3.8) is 0 Å². The van der Waals surface area contributed by atoms with Crippen molar-refractivity contribution in [2.45, 2.75) is 77.9 Å². The van der Waals surface area contributed by atoms with Gasteiger partial charge in [-0.2, -0.15) is 0 Å². The molecule has 172 valence electrons. The average Bonchev–Trinajstić information content (AvgIpc) is 3.26. The zero-order chi connectivity index (χ0) is 23.1. The fourth-order valence-electron chi connectivity index (χ4n) is 4.66. The Hall–Kier alpha value is -2.82. The summed E-state index contributed by atoms with van der Waals surface area (Å²) in [7, 11) is 1.63. The van der Waals surface area contributed by atoms with Gasteiger partial charge in [0.2, 0.25) is 11.8 Å². The summed E-state index contributed by atoms with van der Waals surface area (Å²) in [5, 5.41) is 3.20. The summed E-state index contributed by atoms with van der Waals surface area (Å²) >= 11 is 0. The Morgan fingerprint density at radius 3 is 2.22 bits per heavy atom. The summed E-state index contributed by atoms with van der Waals surface area (Å²) in [4.78, 5) is 28.5. The van der Waals surface area contributed by atoms with E-state index in [1.165, 1.54) is 0 Å². The molecule has 1 N–H and O–H groups in total. The van der Waals surface area contributed by atoms with Crippen molar-refractivity contribution in [2.75, 3.05) is 7.11 Å². The number of hydrogen-bond donors (Lipinski definition) is 1. The van der Waals surface area contributed by atoms with E-state index in [0.29, 0.717) is 13.0 Å². The van der Waals surface area contributed by atoms with Gasteiger partial charge in [0.1, 0.15) is 11.8 Å². The highest BCUT2D eigenvalue weighted by molar-refractivity contribution is 5.88. The fraction of sp³-hybridized carbons (Fsp3) is 0.481. The molecule has 1 saturated carbocycles. The van der Waals surface area contributed by atoms with Crippen LogP contribution in [-0.2, 0) is 22.6 Å². The van der Waals surface area contributed by atoms with Gasteiger partial charge >= 0.3 is 0 Å². The minimum Gasteiger partial charge on any atom is -0.497 e. The quantitative estimate of drug-likeness (QED) is 0.619.